The van der Waals surface area contributed by atoms with Crippen molar-refractivity contribution < 1.29 is 24.1 Å². The van der Waals surface area contributed by atoms with E-state index in [-0.39, 0.29) is 12.1 Å². The number of benzene rings is 1. The maximum Gasteiger partial charge on any atom is 0.311 e. The number of rotatable bonds is 13. The zero-order valence-electron chi connectivity index (χ0n) is 19.2. The molecule has 0 saturated carbocycles. The van der Waals surface area contributed by atoms with E-state index < -0.39 is 17.8 Å². The van der Waals surface area contributed by atoms with Gasteiger partial charge in [0.15, 0.2) is 6.29 Å². The van der Waals surface area contributed by atoms with E-state index in [4.69, 9.17) is 14.2 Å². The van der Waals surface area contributed by atoms with Crippen molar-refractivity contribution in [1.82, 2.24) is 0 Å². The Balaban J connectivity index is 2.44. The van der Waals surface area contributed by atoms with Crippen LogP contribution in [0.25, 0.3) is 0 Å². The van der Waals surface area contributed by atoms with Gasteiger partial charge >= 0.3 is 5.97 Å². The van der Waals surface area contributed by atoms with Gasteiger partial charge < -0.3 is 19.3 Å². The van der Waals surface area contributed by atoms with Crippen molar-refractivity contribution in [3.8, 4) is 0 Å². The summed E-state index contributed by atoms with van der Waals surface area (Å²) in [6.07, 6.45) is 3.09. The number of carbonyl (C=O) groups excluding carboxylic acids is 1. The van der Waals surface area contributed by atoms with E-state index in [1.165, 1.54) is 4.90 Å². The number of allylic oxidation sites excluding steroid dienone is 1. The first-order valence-corrected chi connectivity index (χ1v) is 11.4. The maximum absolute atomic E-state index is 11.8. The third-order valence-corrected chi connectivity index (χ3v) is 5.52. The quantitative estimate of drug-likeness (QED) is 0.188. The van der Waals surface area contributed by atoms with Gasteiger partial charge in [-0.25, -0.2) is 0 Å². The minimum Gasteiger partial charge on any atom is -0.465 e. The van der Waals surface area contributed by atoms with Crippen molar-refractivity contribution >= 4 is 17.7 Å². The van der Waals surface area contributed by atoms with E-state index in [0.29, 0.717) is 32.3 Å². The molecule has 0 aliphatic rings. The summed E-state index contributed by atoms with van der Waals surface area (Å²) in [7, 11) is 1.59. The molecule has 0 heterocycles. The fraction of sp³-hybridized carbons (Fsp3) is 0.625. The molecule has 5 nitrogen and oxygen atoms in total. The predicted molar refractivity (Wildman–Crippen MR) is 122 cm³/mol. The predicted octanol–water partition coefficient (Wildman–Crippen LogP) is 5.57. The maximum atomic E-state index is 11.8. The SMILES string of the molecule is CC[C@@H](OC(CCCOC(=O)C(C)(C)C)OC)[C@H](O)C/C=C(\C)Sc1ccccc1. The molecule has 1 aromatic carbocycles. The normalized spacial score (nSPS) is 15.5. The van der Waals surface area contributed by atoms with Crippen molar-refractivity contribution in [2.24, 2.45) is 5.41 Å². The second kappa shape index (κ2) is 13.9. The first-order valence-electron chi connectivity index (χ1n) is 10.6. The van der Waals surface area contributed by atoms with Crippen LogP contribution in [0.3, 0.4) is 0 Å². The van der Waals surface area contributed by atoms with Gasteiger partial charge in [-0.15, -0.1) is 0 Å². The van der Waals surface area contributed by atoms with Crippen LogP contribution in [0.1, 0.15) is 60.3 Å². The molecule has 0 amide bonds. The largest absolute Gasteiger partial charge is 0.465 e. The highest BCUT2D eigenvalue weighted by atomic mass is 32.2. The van der Waals surface area contributed by atoms with Gasteiger partial charge in [-0.05, 0) is 64.0 Å². The number of thioether (sulfide) groups is 1. The van der Waals surface area contributed by atoms with Crippen LogP contribution < -0.4 is 0 Å². The third kappa shape index (κ3) is 10.6. The van der Waals surface area contributed by atoms with Crippen molar-refractivity contribution in [3.63, 3.8) is 0 Å². The lowest BCUT2D eigenvalue weighted by Crippen LogP contribution is -2.33. The van der Waals surface area contributed by atoms with E-state index in [2.05, 4.69) is 12.1 Å². The third-order valence-electron chi connectivity index (χ3n) is 4.52. The van der Waals surface area contributed by atoms with Crippen molar-refractivity contribution in [1.29, 1.82) is 0 Å². The van der Waals surface area contributed by atoms with Gasteiger partial charge in [-0.3, -0.25) is 4.79 Å². The highest BCUT2D eigenvalue weighted by molar-refractivity contribution is 8.03. The van der Waals surface area contributed by atoms with Gasteiger partial charge in [0.25, 0.3) is 0 Å². The van der Waals surface area contributed by atoms with Crippen LogP contribution in [0.2, 0.25) is 0 Å². The summed E-state index contributed by atoms with van der Waals surface area (Å²) in [6.45, 7) is 9.86. The molecule has 0 aliphatic heterocycles. The second-order valence-corrected chi connectivity index (χ2v) is 9.63. The van der Waals surface area contributed by atoms with Crippen LogP contribution >= 0.6 is 11.8 Å². The number of aliphatic hydroxyl groups excluding tert-OH is 1. The Morgan fingerprint density at radius 2 is 1.90 bits per heavy atom. The van der Waals surface area contributed by atoms with Crippen LogP contribution in [-0.4, -0.2) is 43.3 Å². The zero-order chi connectivity index (χ0) is 22.6. The summed E-state index contributed by atoms with van der Waals surface area (Å²) < 4.78 is 16.7. The molecule has 1 N–H and O–H groups in total. The van der Waals surface area contributed by atoms with Gasteiger partial charge in [0.05, 0.1) is 24.2 Å². The van der Waals surface area contributed by atoms with Crippen molar-refractivity contribution in [2.45, 2.75) is 83.7 Å². The fourth-order valence-electron chi connectivity index (χ4n) is 2.68. The molecule has 0 spiro atoms. The number of aliphatic hydroxyl groups is 1. The molecule has 1 unspecified atom stereocenters. The molecule has 6 heteroatoms. The molecular formula is C24H38O5S. The van der Waals surface area contributed by atoms with Crippen LogP contribution in [0.15, 0.2) is 46.2 Å². The van der Waals surface area contributed by atoms with Crippen LogP contribution in [-0.2, 0) is 19.0 Å². The van der Waals surface area contributed by atoms with Gasteiger partial charge in [-0.1, -0.05) is 43.0 Å². The smallest absolute Gasteiger partial charge is 0.311 e. The first kappa shape index (κ1) is 26.7. The number of carbonyl (C=O) groups is 1. The second-order valence-electron chi connectivity index (χ2n) is 8.31. The number of hydrogen-bond acceptors (Lipinski definition) is 6. The van der Waals surface area contributed by atoms with E-state index in [0.717, 1.165) is 4.91 Å². The summed E-state index contributed by atoms with van der Waals surface area (Å²) in [5.41, 5.74) is -0.501. The highest BCUT2D eigenvalue weighted by Crippen LogP contribution is 2.26. The lowest BCUT2D eigenvalue weighted by molar-refractivity contribution is -0.184. The number of methoxy groups -OCH3 is 1. The standard InChI is InChI=1S/C24H38O5S/c1-7-21(20(25)16-15-18(2)30-19-12-9-8-10-13-19)29-22(27-6)14-11-17-28-23(26)24(3,4)5/h8-10,12-13,15,20-22,25H,7,11,14,16-17H2,1-6H3/b18-15+/t20-,21-,22?/m1/s1. The topological polar surface area (TPSA) is 65.0 Å². The summed E-state index contributed by atoms with van der Waals surface area (Å²) in [5.74, 6) is -0.213. The van der Waals surface area contributed by atoms with E-state index >= 15 is 0 Å². The highest BCUT2D eigenvalue weighted by Gasteiger charge is 2.24. The monoisotopic (exact) mass is 438 g/mol. The molecule has 0 bridgehead atoms. The lowest BCUT2D eigenvalue weighted by atomic mass is 9.97. The van der Waals surface area contributed by atoms with E-state index in [1.807, 2.05) is 58.9 Å². The summed E-state index contributed by atoms with van der Waals surface area (Å²) in [5, 5.41) is 10.6. The molecule has 1 aromatic rings. The van der Waals surface area contributed by atoms with Gasteiger partial charge in [0.2, 0.25) is 0 Å². The van der Waals surface area contributed by atoms with Gasteiger partial charge in [0, 0.05) is 18.4 Å². The molecule has 1 rings (SSSR count). The fourth-order valence-corrected chi connectivity index (χ4v) is 3.53. The minimum absolute atomic E-state index is 0.213. The van der Waals surface area contributed by atoms with E-state index in [9.17, 15) is 9.90 Å². The molecule has 3 atom stereocenters. The van der Waals surface area contributed by atoms with Crippen molar-refractivity contribution in [3.05, 3.63) is 41.3 Å². The number of ether oxygens (including phenoxy) is 3. The number of esters is 1. The Labute approximate surface area is 186 Å². The number of hydrogen-bond donors (Lipinski definition) is 1. The van der Waals surface area contributed by atoms with Crippen LogP contribution in [0.5, 0.6) is 0 Å². The van der Waals surface area contributed by atoms with Crippen LogP contribution in [0.4, 0.5) is 0 Å². The Morgan fingerprint density at radius 1 is 1.23 bits per heavy atom. The first-order chi connectivity index (χ1) is 14.2. The molecular weight excluding hydrogens is 400 g/mol. The summed E-state index contributed by atoms with van der Waals surface area (Å²) >= 11 is 1.68. The Morgan fingerprint density at radius 3 is 2.47 bits per heavy atom. The zero-order valence-corrected chi connectivity index (χ0v) is 20.0. The molecule has 170 valence electrons. The lowest BCUT2D eigenvalue weighted by Gasteiger charge is -2.26. The van der Waals surface area contributed by atoms with Gasteiger partial charge in [-0.2, -0.15) is 0 Å². The van der Waals surface area contributed by atoms with Crippen molar-refractivity contribution in [2.75, 3.05) is 13.7 Å². The molecule has 0 saturated heterocycles. The molecule has 30 heavy (non-hydrogen) atoms. The Bertz CT molecular complexity index is 639. The molecule has 0 radical (unpaired) electrons. The Hall–Kier alpha value is -1.34. The van der Waals surface area contributed by atoms with Crippen LogP contribution in [0, 0.1) is 5.41 Å². The average molecular weight is 439 g/mol. The minimum atomic E-state index is -0.613. The molecule has 0 aromatic heterocycles. The molecule has 0 aliphatic carbocycles. The summed E-state index contributed by atoms with van der Waals surface area (Å²) in [4.78, 5) is 14.1. The van der Waals surface area contributed by atoms with E-state index in [1.54, 1.807) is 18.9 Å². The Kier molecular flexibility index (Phi) is 12.3. The van der Waals surface area contributed by atoms with Gasteiger partial charge in [0.1, 0.15) is 0 Å². The average Bonchev–Trinajstić information content (AvgIpc) is 2.71. The molecule has 0 fully saturated rings. The summed E-state index contributed by atoms with van der Waals surface area (Å²) in [6, 6.07) is 10.2.